The highest BCUT2D eigenvalue weighted by Crippen LogP contribution is 2.22. The fraction of sp³-hybridized carbons (Fsp3) is 0.714. The molecule has 1 heterocycles. The van der Waals surface area contributed by atoms with E-state index in [4.69, 9.17) is 9.47 Å². The third-order valence-electron chi connectivity index (χ3n) is 2.74. The summed E-state index contributed by atoms with van der Waals surface area (Å²) in [6.07, 6.45) is 3.25. The Labute approximate surface area is 118 Å². The fourth-order valence-corrected chi connectivity index (χ4v) is 1.70. The third kappa shape index (κ3) is 4.43. The standard InChI is InChI=1S/C14H22O6/c1-5-7-9-17-12(15)10-11(20-19-10)13(16)18-14(3,4)8-6-2/h5-9H2,1-4H3. The lowest BCUT2D eigenvalue weighted by molar-refractivity contribution is -0.0572. The first-order chi connectivity index (χ1) is 9.41. The second-order valence-electron chi connectivity index (χ2n) is 5.21. The van der Waals surface area contributed by atoms with Crippen molar-refractivity contribution in [3.63, 3.8) is 0 Å². The highest BCUT2D eigenvalue weighted by Gasteiger charge is 2.34. The molecule has 0 unspecified atom stereocenters. The van der Waals surface area contributed by atoms with Gasteiger partial charge in [0, 0.05) is 0 Å². The predicted molar refractivity (Wildman–Crippen MR) is 70.6 cm³/mol. The summed E-state index contributed by atoms with van der Waals surface area (Å²) < 4.78 is 19.3. The molecule has 20 heavy (non-hydrogen) atoms. The van der Waals surface area contributed by atoms with Crippen molar-refractivity contribution in [3.8, 4) is 0 Å². The van der Waals surface area contributed by atoms with E-state index >= 15 is 0 Å². The van der Waals surface area contributed by atoms with E-state index in [-0.39, 0.29) is 18.1 Å². The largest absolute Gasteiger partial charge is 0.460 e. The van der Waals surface area contributed by atoms with Gasteiger partial charge in [-0.1, -0.05) is 26.7 Å². The van der Waals surface area contributed by atoms with Gasteiger partial charge in [0.05, 0.1) is 6.61 Å². The highest BCUT2D eigenvalue weighted by atomic mass is 17.0. The molecule has 1 rings (SSSR count). The molecule has 0 amide bonds. The minimum Gasteiger partial charge on any atom is -0.460 e. The van der Waals surface area contributed by atoms with Crippen molar-refractivity contribution < 1.29 is 28.2 Å². The smallest absolute Gasteiger partial charge is 0.384 e. The molecule has 0 spiro atoms. The van der Waals surface area contributed by atoms with Crippen LogP contribution in [0.5, 0.6) is 0 Å². The van der Waals surface area contributed by atoms with Gasteiger partial charge in [-0.15, -0.1) is 0 Å². The van der Waals surface area contributed by atoms with Crippen LogP contribution in [0.2, 0.25) is 0 Å². The molecule has 114 valence electrons. The molecule has 0 aromatic carbocycles. The Balaban J connectivity index is 2.58. The summed E-state index contributed by atoms with van der Waals surface area (Å²) >= 11 is 0. The summed E-state index contributed by atoms with van der Waals surface area (Å²) in [6, 6.07) is 0. The van der Waals surface area contributed by atoms with Crippen molar-refractivity contribution in [2.45, 2.75) is 59.0 Å². The van der Waals surface area contributed by atoms with Crippen molar-refractivity contribution in [3.05, 3.63) is 11.5 Å². The molecule has 0 aliphatic heterocycles. The summed E-state index contributed by atoms with van der Waals surface area (Å²) in [4.78, 5) is 23.5. The Morgan fingerprint density at radius 2 is 1.65 bits per heavy atom. The first-order valence-corrected chi connectivity index (χ1v) is 6.90. The van der Waals surface area contributed by atoms with Crippen LogP contribution in [0.15, 0.2) is 9.15 Å². The van der Waals surface area contributed by atoms with E-state index in [1.165, 1.54) is 0 Å². The summed E-state index contributed by atoms with van der Waals surface area (Å²) in [5.74, 6) is -1.86. The molecule has 0 radical (unpaired) electrons. The maximum absolute atomic E-state index is 11.9. The molecule has 6 nitrogen and oxygen atoms in total. The Morgan fingerprint density at radius 3 is 2.15 bits per heavy atom. The molecular weight excluding hydrogens is 264 g/mol. The lowest BCUT2D eigenvalue weighted by Crippen LogP contribution is -2.29. The lowest BCUT2D eigenvalue weighted by atomic mass is 10.0. The van der Waals surface area contributed by atoms with E-state index < -0.39 is 17.5 Å². The first-order valence-electron chi connectivity index (χ1n) is 6.90. The Bertz CT molecular complexity index is 440. The molecule has 0 aliphatic carbocycles. The molecule has 0 saturated carbocycles. The van der Waals surface area contributed by atoms with Crippen LogP contribution in [-0.2, 0) is 9.47 Å². The minimum absolute atomic E-state index is 0.224. The van der Waals surface area contributed by atoms with Crippen molar-refractivity contribution in [1.29, 1.82) is 0 Å². The molecule has 1 aromatic rings. The zero-order valence-corrected chi connectivity index (χ0v) is 12.5. The highest BCUT2D eigenvalue weighted by molar-refractivity contribution is 5.99. The van der Waals surface area contributed by atoms with E-state index in [1.54, 1.807) is 13.8 Å². The van der Waals surface area contributed by atoms with Gasteiger partial charge in [0.2, 0.25) is 0 Å². The molecule has 0 aliphatic rings. The number of hydrogen-bond donors (Lipinski definition) is 0. The first kappa shape index (κ1) is 16.3. The van der Waals surface area contributed by atoms with E-state index in [9.17, 15) is 9.59 Å². The van der Waals surface area contributed by atoms with Crippen LogP contribution in [0.3, 0.4) is 0 Å². The van der Waals surface area contributed by atoms with Gasteiger partial charge >= 0.3 is 23.5 Å². The number of hydrogen-bond acceptors (Lipinski definition) is 6. The van der Waals surface area contributed by atoms with Gasteiger partial charge in [-0.05, 0) is 26.7 Å². The molecule has 6 heteroatoms. The van der Waals surface area contributed by atoms with Crippen molar-refractivity contribution in [2.24, 2.45) is 0 Å². The average Bonchev–Trinajstić information content (AvgIpc) is 2.26. The molecular formula is C14H22O6. The maximum atomic E-state index is 11.9. The van der Waals surface area contributed by atoms with E-state index in [0.29, 0.717) is 6.42 Å². The van der Waals surface area contributed by atoms with Crippen LogP contribution in [0.1, 0.15) is 74.5 Å². The van der Waals surface area contributed by atoms with Crippen LogP contribution >= 0.6 is 0 Å². The van der Waals surface area contributed by atoms with E-state index in [1.807, 2.05) is 13.8 Å². The van der Waals surface area contributed by atoms with Gasteiger partial charge in [-0.2, -0.15) is 0 Å². The molecule has 0 atom stereocenters. The summed E-state index contributed by atoms with van der Waals surface area (Å²) in [5, 5.41) is 0. The number of carbonyl (C=O) groups excluding carboxylic acids is 2. The fourth-order valence-electron chi connectivity index (χ4n) is 1.70. The SMILES string of the molecule is CCCCOC(=O)c1ooc1C(=O)OC(C)(C)CCC. The average molecular weight is 286 g/mol. The van der Waals surface area contributed by atoms with Crippen LogP contribution in [0.25, 0.3) is 0 Å². The van der Waals surface area contributed by atoms with Gasteiger partial charge in [0.1, 0.15) is 5.60 Å². The minimum atomic E-state index is -0.711. The van der Waals surface area contributed by atoms with Crippen LogP contribution in [0, 0.1) is 0 Å². The molecule has 0 N–H and O–H groups in total. The van der Waals surface area contributed by atoms with Crippen molar-refractivity contribution >= 4 is 11.9 Å². The van der Waals surface area contributed by atoms with Crippen molar-refractivity contribution in [1.82, 2.24) is 0 Å². The van der Waals surface area contributed by atoms with Gasteiger partial charge in [-0.3, -0.25) is 9.15 Å². The molecule has 1 aromatic heterocycles. The normalized spacial score (nSPS) is 11.4. The van der Waals surface area contributed by atoms with Gasteiger partial charge < -0.3 is 9.47 Å². The Hall–Kier alpha value is -1.72. The lowest BCUT2D eigenvalue weighted by Gasteiger charge is -2.24. The van der Waals surface area contributed by atoms with Gasteiger partial charge in [0.25, 0.3) is 0 Å². The Kier molecular flexibility index (Phi) is 5.85. The molecule has 0 saturated heterocycles. The topological polar surface area (TPSA) is 78.9 Å². The van der Waals surface area contributed by atoms with Gasteiger partial charge in [-0.25, -0.2) is 9.59 Å². The molecule has 0 bridgehead atoms. The molecule has 0 fully saturated rings. The summed E-state index contributed by atoms with van der Waals surface area (Å²) in [5.41, 5.74) is -0.616. The zero-order chi connectivity index (χ0) is 15.2. The van der Waals surface area contributed by atoms with Crippen molar-refractivity contribution in [2.75, 3.05) is 6.61 Å². The zero-order valence-electron chi connectivity index (χ0n) is 12.5. The quantitative estimate of drug-likeness (QED) is 0.413. The number of carbonyl (C=O) groups is 2. The van der Waals surface area contributed by atoms with E-state index in [2.05, 4.69) is 9.15 Å². The van der Waals surface area contributed by atoms with Crippen LogP contribution in [-0.4, -0.2) is 24.1 Å². The number of ether oxygens (including phenoxy) is 2. The number of unbranched alkanes of at least 4 members (excludes halogenated alkanes) is 1. The summed E-state index contributed by atoms with van der Waals surface area (Å²) in [6.45, 7) is 7.86. The Morgan fingerprint density at radius 1 is 1.05 bits per heavy atom. The number of rotatable bonds is 8. The predicted octanol–water partition coefficient (Wildman–Crippen LogP) is 3.57. The van der Waals surface area contributed by atoms with Gasteiger partial charge in [0.15, 0.2) is 0 Å². The van der Waals surface area contributed by atoms with E-state index in [0.717, 1.165) is 19.3 Å². The number of esters is 2. The van der Waals surface area contributed by atoms with Crippen LogP contribution < -0.4 is 0 Å². The third-order valence-corrected chi connectivity index (χ3v) is 2.74. The summed E-state index contributed by atoms with van der Waals surface area (Å²) in [7, 11) is 0. The monoisotopic (exact) mass is 286 g/mol. The van der Waals surface area contributed by atoms with Crippen LogP contribution in [0.4, 0.5) is 0 Å². The second-order valence-corrected chi connectivity index (χ2v) is 5.21. The second kappa shape index (κ2) is 7.17. The maximum Gasteiger partial charge on any atom is 0.384 e.